The molecule has 1 fully saturated rings. The van der Waals surface area contributed by atoms with Crippen LogP contribution in [0.5, 0.6) is 17.2 Å². The molecule has 204 valence electrons. The summed E-state index contributed by atoms with van der Waals surface area (Å²) in [5, 5.41) is 8.58. The Morgan fingerprint density at radius 2 is 1.88 bits per heavy atom. The number of nitrogens with one attached hydrogen (secondary N) is 1. The van der Waals surface area contributed by atoms with Gasteiger partial charge in [0, 0.05) is 26.0 Å². The summed E-state index contributed by atoms with van der Waals surface area (Å²) in [4.78, 5) is 21.9. The number of aryl methyl sites for hydroxylation is 1. The minimum absolute atomic E-state index is 0.0334. The van der Waals surface area contributed by atoms with Gasteiger partial charge in [-0.05, 0) is 67.1 Å². The van der Waals surface area contributed by atoms with E-state index in [0.717, 1.165) is 17.9 Å². The van der Waals surface area contributed by atoms with Crippen molar-refractivity contribution in [3.8, 4) is 28.4 Å². The molecule has 0 spiro atoms. The Kier molecular flexibility index (Phi) is 6.67. The van der Waals surface area contributed by atoms with E-state index in [0.29, 0.717) is 52.0 Å². The summed E-state index contributed by atoms with van der Waals surface area (Å²) in [6.07, 6.45) is 5.50. The molecule has 10 heteroatoms. The third kappa shape index (κ3) is 5.00. The highest BCUT2D eigenvalue weighted by Crippen LogP contribution is 2.34. The van der Waals surface area contributed by atoms with Gasteiger partial charge in [0.05, 0.1) is 30.3 Å². The maximum atomic E-state index is 15.3. The van der Waals surface area contributed by atoms with Crippen LogP contribution in [0.1, 0.15) is 24.1 Å². The van der Waals surface area contributed by atoms with Gasteiger partial charge in [-0.3, -0.25) is 9.36 Å². The van der Waals surface area contributed by atoms with E-state index in [9.17, 15) is 4.79 Å². The van der Waals surface area contributed by atoms with Crippen molar-refractivity contribution in [1.82, 2.24) is 24.3 Å². The third-order valence-electron chi connectivity index (χ3n) is 7.14. The molecule has 1 aliphatic rings. The molecule has 1 N–H and O–H groups in total. The van der Waals surface area contributed by atoms with Crippen LogP contribution < -0.4 is 20.3 Å². The third-order valence-corrected chi connectivity index (χ3v) is 7.14. The zero-order valence-corrected chi connectivity index (χ0v) is 22.5. The molecule has 3 aromatic heterocycles. The summed E-state index contributed by atoms with van der Waals surface area (Å²) < 4.78 is 29.8. The minimum Gasteiger partial charge on any atom is -0.497 e. The molecule has 1 saturated carbocycles. The highest BCUT2D eigenvalue weighted by atomic mass is 19.1. The summed E-state index contributed by atoms with van der Waals surface area (Å²) in [6.45, 7) is 3.17. The number of aromatic nitrogens is 5. The second-order valence-corrected chi connectivity index (χ2v) is 10.0. The van der Waals surface area contributed by atoms with Gasteiger partial charge in [0.25, 0.3) is 5.56 Å². The maximum absolute atomic E-state index is 15.3. The zero-order valence-electron chi connectivity index (χ0n) is 22.5. The molecule has 9 nitrogen and oxygen atoms in total. The zero-order chi connectivity index (χ0) is 27.8. The van der Waals surface area contributed by atoms with Gasteiger partial charge in [-0.2, -0.15) is 5.10 Å². The van der Waals surface area contributed by atoms with Gasteiger partial charge in [-0.1, -0.05) is 18.2 Å². The molecule has 0 radical (unpaired) electrons. The van der Waals surface area contributed by atoms with Gasteiger partial charge in [0.1, 0.15) is 11.5 Å². The summed E-state index contributed by atoms with van der Waals surface area (Å²) in [6, 6.07) is 13.9. The van der Waals surface area contributed by atoms with Crippen LogP contribution in [0.15, 0.2) is 65.7 Å². The molecular formula is C30H29FN6O3. The van der Waals surface area contributed by atoms with Gasteiger partial charge in [-0.25, -0.2) is 19.0 Å². The molecule has 0 bridgehead atoms. The van der Waals surface area contributed by atoms with E-state index >= 15 is 4.39 Å². The van der Waals surface area contributed by atoms with E-state index in [4.69, 9.17) is 9.47 Å². The summed E-state index contributed by atoms with van der Waals surface area (Å²) in [5.74, 6) is 1.81. The number of hydrogen-bond donors (Lipinski definition) is 1. The Hall–Kier alpha value is -4.73. The predicted octanol–water partition coefficient (Wildman–Crippen LogP) is 5.31. The Morgan fingerprint density at radius 3 is 2.60 bits per heavy atom. The highest BCUT2D eigenvalue weighted by molar-refractivity contribution is 5.85. The standard InChI is InChI=1S/C30H29FN6O3/c1-18-27-26(12-13-32-28(27)37(35-18)17-20-6-9-22(39-3)10-7-20)40-25-11-8-21(14-24(25)31)23-16-34-30(36(2)29(23)38)33-15-19-4-5-19/h6-14,16,19H,4-5,15,17H2,1-3H3,(H,33,34). The van der Waals surface area contributed by atoms with E-state index in [1.165, 1.54) is 35.7 Å². The molecule has 2 aromatic carbocycles. The maximum Gasteiger partial charge on any atom is 0.262 e. The van der Waals surface area contributed by atoms with Crippen LogP contribution in [0.4, 0.5) is 10.3 Å². The van der Waals surface area contributed by atoms with Crippen molar-refractivity contribution < 1.29 is 13.9 Å². The summed E-state index contributed by atoms with van der Waals surface area (Å²) in [5.41, 5.74) is 2.87. The van der Waals surface area contributed by atoms with Crippen molar-refractivity contribution in [1.29, 1.82) is 0 Å². The fraction of sp³-hybridized carbons (Fsp3) is 0.267. The monoisotopic (exact) mass is 540 g/mol. The van der Waals surface area contributed by atoms with Crippen molar-refractivity contribution in [3.63, 3.8) is 0 Å². The van der Waals surface area contributed by atoms with Gasteiger partial charge in [0.2, 0.25) is 5.95 Å². The van der Waals surface area contributed by atoms with E-state index in [1.54, 1.807) is 37.2 Å². The quantitative estimate of drug-likeness (QED) is 0.271. The lowest BCUT2D eigenvalue weighted by Gasteiger charge is -2.12. The Morgan fingerprint density at radius 1 is 1.07 bits per heavy atom. The molecule has 0 aliphatic heterocycles. The number of fused-ring (bicyclic) bond motifs is 1. The number of ether oxygens (including phenoxy) is 2. The van der Waals surface area contributed by atoms with Crippen LogP contribution in [0.25, 0.3) is 22.2 Å². The second kappa shape index (κ2) is 10.4. The molecule has 0 amide bonds. The first kappa shape index (κ1) is 25.5. The first-order chi connectivity index (χ1) is 19.4. The normalized spacial score (nSPS) is 13.0. The van der Waals surface area contributed by atoms with E-state index < -0.39 is 5.82 Å². The van der Waals surface area contributed by atoms with Crippen molar-refractivity contribution in [3.05, 3.63) is 88.4 Å². The van der Waals surface area contributed by atoms with Crippen LogP contribution in [0, 0.1) is 18.7 Å². The first-order valence-corrected chi connectivity index (χ1v) is 13.1. The number of benzene rings is 2. The number of anilines is 1. The largest absolute Gasteiger partial charge is 0.497 e. The fourth-order valence-corrected chi connectivity index (χ4v) is 4.68. The Balaban J connectivity index is 1.25. The summed E-state index contributed by atoms with van der Waals surface area (Å²) >= 11 is 0. The molecule has 0 atom stereocenters. The van der Waals surface area contributed by atoms with Crippen molar-refractivity contribution in [2.45, 2.75) is 26.3 Å². The number of halogens is 1. The molecule has 6 rings (SSSR count). The lowest BCUT2D eigenvalue weighted by atomic mass is 10.1. The number of nitrogens with zero attached hydrogens (tertiary/aromatic N) is 5. The second-order valence-electron chi connectivity index (χ2n) is 10.0. The minimum atomic E-state index is -0.594. The van der Waals surface area contributed by atoms with Gasteiger partial charge >= 0.3 is 0 Å². The molecule has 3 heterocycles. The predicted molar refractivity (Wildman–Crippen MR) is 151 cm³/mol. The molecule has 1 aliphatic carbocycles. The smallest absolute Gasteiger partial charge is 0.262 e. The van der Waals surface area contributed by atoms with E-state index in [2.05, 4.69) is 20.4 Å². The Labute approximate surface area is 230 Å². The van der Waals surface area contributed by atoms with Gasteiger partial charge in [0.15, 0.2) is 17.2 Å². The highest BCUT2D eigenvalue weighted by Gasteiger charge is 2.22. The van der Waals surface area contributed by atoms with E-state index in [1.807, 2.05) is 31.2 Å². The molecule has 0 saturated heterocycles. The molecule has 0 unspecified atom stereocenters. The summed E-state index contributed by atoms with van der Waals surface area (Å²) in [7, 11) is 3.29. The van der Waals surface area contributed by atoms with Crippen molar-refractivity contribution >= 4 is 17.0 Å². The number of methoxy groups -OCH3 is 1. The van der Waals surface area contributed by atoms with Crippen molar-refractivity contribution in [2.24, 2.45) is 13.0 Å². The lowest BCUT2D eigenvalue weighted by molar-refractivity contribution is 0.414. The lowest BCUT2D eigenvalue weighted by Crippen LogP contribution is -2.24. The van der Waals surface area contributed by atoms with Gasteiger partial charge in [-0.15, -0.1) is 0 Å². The first-order valence-electron chi connectivity index (χ1n) is 13.1. The number of rotatable bonds is 9. The molecule has 40 heavy (non-hydrogen) atoms. The van der Waals surface area contributed by atoms with E-state index in [-0.39, 0.29) is 11.3 Å². The van der Waals surface area contributed by atoms with Crippen LogP contribution in [-0.2, 0) is 13.6 Å². The number of hydrogen-bond acceptors (Lipinski definition) is 7. The van der Waals surface area contributed by atoms with Crippen molar-refractivity contribution in [2.75, 3.05) is 19.0 Å². The van der Waals surface area contributed by atoms with Gasteiger partial charge < -0.3 is 14.8 Å². The van der Waals surface area contributed by atoms with Crippen LogP contribution >= 0.6 is 0 Å². The number of pyridine rings is 1. The molecule has 5 aromatic rings. The fourth-order valence-electron chi connectivity index (χ4n) is 4.68. The van der Waals surface area contributed by atoms with Crippen LogP contribution in [-0.4, -0.2) is 38.0 Å². The van der Waals surface area contributed by atoms with Crippen LogP contribution in [0.3, 0.4) is 0 Å². The average molecular weight is 541 g/mol. The van der Waals surface area contributed by atoms with Crippen LogP contribution in [0.2, 0.25) is 0 Å². The Bertz CT molecular complexity index is 1760. The SMILES string of the molecule is COc1ccc(Cn2nc(C)c3c(Oc4ccc(-c5cnc(NCC6CC6)n(C)c5=O)cc4F)ccnc32)cc1. The average Bonchev–Trinajstić information content (AvgIpc) is 3.74. The molecular weight excluding hydrogens is 511 g/mol. The topological polar surface area (TPSA) is 96.1 Å².